The highest BCUT2D eigenvalue weighted by Gasteiger charge is 2.51. The number of anilines is 2. The van der Waals surface area contributed by atoms with E-state index in [-0.39, 0.29) is 29.8 Å². The Morgan fingerprint density at radius 2 is 1.79 bits per heavy atom. The fraction of sp³-hybridized carbons (Fsp3) is 0.538. The maximum Gasteiger partial charge on any atom is 0.328 e. The van der Waals surface area contributed by atoms with Gasteiger partial charge in [-0.15, -0.1) is 11.3 Å². The van der Waals surface area contributed by atoms with Gasteiger partial charge in [-0.1, -0.05) is 20.8 Å². The summed E-state index contributed by atoms with van der Waals surface area (Å²) >= 11 is 1.31. The third-order valence-corrected chi connectivity index (χ3v) is 8.08. The van der Waals surface area contributed by atoms with Crippen LogP contribution in [0.5, 0.6) is 0 Å². The molecule has 12 nitrogen and oxygen atoms in total. The molecular weight excluding hydrogens is 526 g/mol. The molecule has 2 amide bonds. The highest BCUT2D eigenvalue weighted by Crippen LogP contribution is 2.32. The summed E-state index contributed by atoms with van der Waals surface area (Å²) in [5.74, 6) is -1.05. The maximum absolute atomic E-state index is 13.2. The number of nitrogens with zero attached hydrogens (tertiary/aromatic N) is 2. The number of methoxy groups -OCH3 is 2. The van der Waals surface area contributed by atoms with E-state index in [4.69, 9.17) is 9.47 Å². The smallest absolute Gasteiger partial charge is 0.328 e. The van der Waals surface area contributed by atoms with Crippen molar-refractivity contribution in [3.05, 3.63) is 37.8 Å². The molecule has 3 atom stereocenters. The van der Waals surface area contributed by atoms with Crippen LogP contribution in [0.25, 0.3) is 0 Å². The van der Waals surface area contributed by atoms with Crippen LogP contribution in [0, 0.1) is 11.3 Å². The van der Waals surface area contributed by atoms with Gasteiger partial charge in [0.15, 0.2) is 0 Å². The van der Waals surface area contributed by atoms with Crippen molar-refractivity contribution in [1.82, 2.24) is 14.9 Å². The lowest BCUT2D eigenvalue weighted by molar-refractivity contribution is -0.163. The minimum Gasteiger partial charge on any atom is -0.467 e. The number of hydrogen-bond donors (Lipinski definition) is 3. The van der Waals surface area contributed by atoms with Gasteiger partial charge in [0.25, 0.3) is 11.5 Å². The summed E-state index contributed by atoms with van der Waals surface area (Å²) in [6.45, 7) is 5.94. The fourth-order valence-electron chi connectivity index (χ4n) is 4.59. The Bertz CT molecular complexity index is 1320. The van der Waals surface area contributed by atoms with E-state index in [0.29, 0.717) is 35.6 Å². The molecule has 2 aromatic heterocycles. The van der Waals surface area contributed by atoms with Crippen molar-refractivity contribution in [2.24, 2.45) is 11.3 Å². The van der Waals surface area contributed by atoms with E-state index in [1.807, 2.05) is 6.07 Å². The van der Waals surface area contributed by atoms with Gasteiger partial charge >= 0.3 is 11.9 Å². The first-order valence-corrected chi connectivity index (χ1v) is 13.5. The number of esters is 2. The lowest BCUT2D eigenvalue weighted by Crippen LogP contribution is -2.64. The Hall–Kier alpha value is -3.74. The van der Waals surface area contributed by atoms with Crippen LogP contribution in [0.2, 0.25) is 0 Å². The first-order chi connectivity index (χ1) is 18.4. The van der Waals surface area contributed by atoms with Gasteiger partial charge in [-0.3, -0.25) is 24.7 Å². The fourth-order valence-corrected chi connectivity index (χ4v) is 5.55. The number of carbonyl (C=O) groups excluding carboxylic acids is 4. The normalized spacial score (nSPS) is 20.2. The summed E-state index contributed by atoms with van der Waals surface area (Å²) in [6, 6.07) is 1.92. The summed E-state index contributed by atoms with van der Waals surface area (Å²) < 4.78 is 9.56. The molecule has 1 unspecified atom stereocenters. The number of ether oxygens (including phenoxy) is 2. The number of H-pyrrole nitrogens is 1. The Kier molecular flexibility index (Phi) is 8.09. The molecule has 1 saturated heterocycles. The summed E-state index contributed by atoms with van der Waals surface area (Å²) in [5.41, 5.74) is -0.372. The zero-order valence-electron chi connectivity index (χ0n) is 22.6. The van der Waals surface area contributed by atoms with Crippen LogP contribution in [0.1, 0.15) is 53.7 Å². The van der Waals surface area contributed by atoms with Crippen molar-refractivity contribution in [3.8, 4) is 0 Å². The Morgan fingerprint density at radius 3 is 2.41 bits per heavy atom. The molecule has 0 aromatic carbocycles. The van der Waals surface area contributed by atoms with E-state index in [1.165, 1.54) is 30.5 Å². The SMILES string of the molecule is COC(=O)[C@H]1C[C@@H](C(=O)OC)N1C(=O)c1ccc(CCC2CNc3nc(NC(=O)C(C)(C)C)[nH]c(=O)c3C2)s1. The number of carbonyl (C=O) groups is 4. The second-order valence-electron chi connectivity index (χ2n) is 10.7. The molecular formula is C26H33N5O7S. The van der Waals surface area contributed by atoms with Crippen LogP contribution >= 0.6 is 11.3 Å². The van der Waals surface area contributed by atoms with Crippen molar-refractivity contribution >= 4 is 46.9 Å². The summed E-state index contributed by atoms with van der Waals surface area (Å²) in [4.78, 5) is 71.9. The predicted molar refractivity (Wildman–Crippen MR) is 144 cm³/mol. The molecule has 0 aliphatic carbocycles. The molecule has 4 rings (SSSR count). The van der Waals surface area contributed by atoms with Gasteiger partial charge in [0.05, 0.1) is 24.7 Å². The number of aryl methyl sites for hydroxylation is 1. The number of likely N-dealkylation sites (tertiary alicyclic amines) is 1. The molecule has 0 radical (unpaired) electrons. The molecule has 1 fully saturated rings. The Labute approximate surface area is 229 Å². The summed E-state index contributed by atoms with van der Waals surface area (Å²) in [5, 5.41) is 5.87. The third kappa shape index (κ3) is 5.97. The standard InChI is InChI=1S/C26H33N5O7S/c1-26(2,3)24(36)30-25-28-19-15(20(32)29-25)10-13(12-27-19)6-7-14-8-9-18(39-14)21(33)31-16(22(34)37-4)11-17(31)23(35)38-5/h8-9,13,16-17H,6-7,10-12H2,1-5H3,(H3,27,28,29,30,32,36)/t13?,16-,17+. The summed E-state index contributed by atoms with van der Waals surface area (Å²) in [6.07, 6.45) is 2.15. The minimum atomic E-state index is -0.820. The van der Waals surface area contributed by atoms with Crippen LogP contribution in [-0.2, 0) is 36.7 Å². The molecule has 4 heterocycles. The van der Waals surface area contributed by atoms with Crippen molar-refractivity contribution in [2.45, 2.75) is 58.5 Å². The van der Waals surface area contributed by atoms with Crippen molar-refractivity contribution < 1.29 is 28.7 Å². The first kappa shape index (κ1) is 28.3. The quantitative estimate of drug-likeness (QED) is 0.431. The van der Waals surface area contributed by atoms with Crippen LogP contribution < -0.4 is 16.2 Å². The van der Waals surface area contributed by atoms with E-state index >= 15 is 0 Å². The van der Waals surface area contributed by atoms with Crippen LogP contribution in [0.3, 0.4) is 0 Å². The first-order valence-electron chi connectivity index (χ1n) is 12.7. The van der Waals surface area contributed by atoms with Gasteiger partial charge in [-0.05, 0) is 37.3 Å². The van der Waals surface area contributed by atoms with Gasteiger partial charge in [-0.2, -0.15) is 4.98 Å². The van der Waals surface area contributed by atoms with E-state index < -0.39 is 35.3 Å². The van der Waals surface area contributed by atoms with E-state index in [9.17, 15) is 24.0 Å². The lowest BCUT2D eigenvalue weighted by atomic mass is 9.92. The number of aromatic nitrogens is 2. The second kappa shape index (κ2) is 11.2. The molecule has 210 valence electrons. The van der Waals surface area contributed by atoms with Crippen molar-refractivity contribution in [2.75, 3.05) is 31.4 Å². The number of aromatic amines is 1. The van der Waals surface area contributed by atoms with E-state index in [1.54, 1.807) is 26.8 Å². The number of thiophene rings is 1. The average Bonchev–Trinajstić information content (AvgIpc) is 3.35. The molecule has 2 aliphatic heterocycles. The molecule has 39 heavy (non-hydrogen) atoms. The zero-order chi connectivity index (χ0) is 28.5. The monoisotopic (exact) mass is 559 g/mol. The number of rotatable bonds is 7. The molecule has 0 saturated carbocycles. The highest BCUT2D eigenvalue weighted by atomic mass is 32.1. The van der Waals surface area contributed by atoms with Crippen LogP contribution in [0.4, 0.5) is 11.8 Å². The maximum atomic E-state index is 13.2. The Balaban J connectivity index is 1.38. The molecule has 0 spiro atoms. The molecule has 2 aromatic rings. The number of fused-ring (bicyclic) bond motifs is 1. The number of nitrogens with one attached hydrogen (secondary N) is 3. The van der Waals surface area contributed by atoms with Crippen molar-refractivity contribution in [1.29, 1.82) is 0 Å². The highest BCUT2D eigenvalue weighted by molar-refractivity contribution is 7.14. The molecule has 13 heteroatoms. The predicted octanol–water partition coefficient (Wildman–Crippen LogP) is 1.96. The topological polar surface area (TPSA) is 160 Å². The Morgan fingerprint density at radius 1 is 1.13 bits per heavy atom. The number of amides is 2. The molecule has 2 aliphatic rings. The van der Waals surface area contributed by atoms with Gasteiger partial charge in [0, 0.05) is 23.3 Å². The van der Waals surface area contributed by atoms with Crippen LogP contribution in [0.15, 0.2) is 16.9 Å². The van der Waals surface area contributed by atoms with Gasteiger partial charge in [-0.25, -0.2) is 9.59 Å². The van der Waals surface area contributed by atoms with E-state index in [2.05, 4.69) is 20.6 Å². The average molecular weight is 560 g/mol. The minimum absolute atomic E-state index is 0.117. The lowest BCUT2D eigenvalue weighted by Gasteiger charge is -2.44. The number of hydrogen-bond acceptors (Lipinski definition) is 10. The van der Waals surface area contributed by atoms with Crippen molar-refractivity contribution in [3.63, 3.8) is 0 Å². The van der Waals surface area contributed by atoms with Gasteiger partial charge in [0.1, 0.15) is 17.9 Å². The largest absolute Gasteiger partial charge is 0.467 e. The van der Waals surface area contributed by atoms with Gasteiger partial charge < -0.3 is 19.7 Å². The van der Waals surface area contributed by atoms with E-state index in [0.717, 1.165) is 11.3 Å². The molecule has 0 bridgehead atoms. The third-order valence-electron chi connectivity index (χ3n) is 6.95. The second-order valence-corrected chi connectivity index (χ2v) is 11.9. The van der Waals surface area contributed by atoms with Crippen LogP contribution in [-0.4, -0.2) is 71.5 Å². The molecule has 3 N–H and O–H groups in total. The summed E-state index contributed by atoms with van der Waals surface area (Å²) in [7, 11) is 2.48. The van der Waals surface area contributed by atoms with Gasteiger partial charge in [0.2, 0.25) is 11.9 Å². The zero-order valence-corrected chi connectivity index (χ0v) is 23.4.